The van der Waals surface area contributed by atoms with E-state index in [2.05, 4.69) is 23.6 Å². The van der Waals surface area contributed by atoms with Gasteiger partial charge in [0.2, 0.25) is 0 Å². The van der Waals surface area contributed by atoms with E-state index in [1.165, 1.54) is 5.57 Å². The maximum atomic E-state index is 13.2. The number of fused-ring (bicyclic) bond motifs is 1. The van der Waals surface area contributed by atoms with E-state index in [-0.39, 0.29) is 11.8 Å². The third kappa shape index (κ3) is 5.26. The summed E-state index contributed by atoms with van der Waals surface area (Å²) in [5.74, 6) is 0.678. The number of amides is 2. The molecule has 3 aromatic rings. The van der Waals surface area contributed by atoms with Gasteiger partial charge in [0.15, 0.2) is 5.75 Å². The highest BCUT2D eigenvalue weighted by atomic mass is 16.5. The molecule has 0 radical (unpaired) electrons. The second kappa shape index (κ2) is 10.2. The van der Waals surface area contributed by atoms with Crippen molar-refractivity contribution in [1.29, 1.82) is 0 Å². The molecular formula is C29H28N2O3. The van der Waals surface area contributed by atoms with Crippen LogP contribution in [0.3, 0.4) is 0 Å². The Bertz CT molecular complexity index is 1350. The van der Waals surface area contributed by atoms with Gasteiger partial charge >= 0.3 is 0 Å². The predicted octanol–water partition coefficient (Wildman–Crippen LogP) is 6.40. The molecular weight excluding hydrogens is 424 g/mol. The number of nitrogens with one attached hydrogen (secondary N) is 2. The molecule has 4 rings (SSSR count). The first-order valence-corrected chi connectivity index (χ1v) is 11.4. The quantitative estimate of drug-likeness (QED) is 0.455. The fourth-order valence-electron chi connectivity index (χ4n) is 3.74. The first-order valence-electron chi connectivity index (χ1n) is 11.4. The summed E-state index contributed by atoms with van der Waals surface area (Å²) in [6.07, 6.45) is 6.87. The lowest BCUT2D eigenvalue weighted by Crippen LogP contribution is -2.23. The molecule has 1 aliphatic carbocycles. The summed E-state index contributed by atoms with van der Waals surface area (Å²) < 4.78 is 6.19. The zero-order chi connectivity index (χ0) is 24.1. The molecule has 5 nitrogen and oxygen atoms in total. The van der Waals surface area contributed by atoms with Crippen molar-refractivity contribution >= 4 is 28.3 Å². The Kier molecular flexibility index (Phi) is 6.93. The second-order valence-electron chi connectivity index (χ2n) is 8.25. The average Bonchev–Trinajstić information content (AvgIpc) is 2.99. The van der Waals surface area contributed by atoms with Crippen molar-refractivity contribution in [2.75, 3.05) is 11.9 Å². The normalized spacial score (nSPS) is 13.3. The van der Waals surface area contributed by atoms with Gasteiger partial charge in [-0.05, 0) is 86.0 Å². The number of carbonyl (C=O) groups is 2. The number of rotatable bonds is 6. The van der Waals surface area contributed by atoms with Crippen LogP contribution in [0.5, 0.6) is 5.75 Å². The highest BCUT2D eigenvalue weighted by Crippen LogP contribution is 2.30. The number of hydrogen-bond donors (Lipinski definition) is 2. The predicted molar refractivity (Wildman–Crippen MR) is 137 cm³/mol. The number of ether oxygens (including phenoxy) is 1. The Morgan fingerprint density at radius 3 is 2.38 bits per heavy atom. The lowest BCUT2D eigenvalue weighted by atomic mass is 10.1. The van der Waals surface area contributed by atoms with E-state index in [9.17, 15) is 9.59 Å². The van der Waals surface area contributed by atoms with Crippen LogP contribution in [0.4, 0.5) is 5.69 Å². The first-order chi connectivity index (χ1) is 16.4. The van der Waals surface area contributed by atoms with Crippen molar-refractivity contribution in [1.82, 2.24) is 5.32 Å². The van der Waals surface area contributed by atoms with Crippen molar-refractivity contribution in [3.05, 3.63) is 107 Å². The molecule has 0 aliphatic heterocycles. The summed E-state index contributed by atoms with van der Waals surface area (Å²) in [6.45, 7) is 6.48. The maximum Gasteiger partial charge on any atom is 0.255 e. The zero-order valence-corrected chi connectivity index (χ0v) is 19.6. The summed E-state index contributed by atoms with van der Waals surface area (Å²) in [5, 5.41) is 7.79. The highest BCUT2D eigenvalue weighted by molar-refractivity contribution is 6.08. The minimum absolute atomic E-state index is 0.209. The molecule has 0 heterocycles. The third-order valence-electron chi connectivity index (χ3n) is 5.79. The molecule has 3 aromatic carbocycles. The van der Waals surface area contributed by atoms with E-state index in [1.54, 1.807) is 24.3 Å². The summed E-state index contributed by atoms with van der Waals surface area (Å²) in [6, 6.07) is 18.5. The number of carbonyl (C=O) groups excluding carboxylic acids is 2. The molecule has 5 heteroatoms. The van der Waals surface area contributed by atoms with Gasteiger partial charge in [-0.3, -0.25) is 9.59 Å². The fraction of sp³-hybridized carbons (Fsp3) is 0.172. The van der Waals surface area contributed by atoms with Crippen LogP contribution in [0.1, 0.15) is 47.9 Å². The van der Waals surface area contributed by atoms with Crippen molar-refractivity contribution in [2.45, 2.75) is 27.2 Å². The van der Waals surface area contributed by atoms with E-state index >= 15 is 0 Å². The molecule has 0 unspecified atom stereocenters. The Morgan fingerprint density at radius 2 is 1.59 bits per heavy atom. The lowest BCUT2D eigenvalue weighted by molar-refractivity contribution is 0.0954. The smallest absolute Gasteiger partial charge is 0.255 e. The van der Waals surface area contributed by atoms with Gasteiger partial charge in [-0.15, -0.1) is 0 Å². The molecule has 0 spiro atoms. The summed E-state index contributed by atoms with van der Waals surface area (Å²) in [7, 11) is 0. The van der Waals surface area contributed by atoms with Crippen LogP contribution in [0.25, 0.3) is 10.8 Å². The van der Waals surface area contributed by atoms with Crippen molar-refractivity contribution in [2.24, 2.45) is 0 Å². The van der Waals surface area contributed by atoms with E-state index in [0.29, 0.717) is 34.9 Å². The second-order valence-corrected chi connectivity index (χ2v) is 8.25. The van der Waals surface area contributed by atoms with E-state index in [0.717, 1.165) is 22.8 Å². The summed E-state index contributed by atoms with van der Waals surface area (Å²) in [4.78, 5) is 25.6. The van der Waals surface area contributed by atoms with Crippen LogP contribution < -0.4 is 15.4 Å². The number of allylic oxidation sites excluding steroid dienone is 5. The Labute approximate surface area is 199 Å². The molecule has 1 aliphatic rings. The molecule has 0 aromatic heterocycles. The van der Waals surface area contributed by atoms with Gasteiger partial charge in [-0.2, -0.15) is 0 Å². The molecule has 2 amide bonds. The van der Waals surface area contributed by atoms with Crippen LogP contribution in [-0.2, 0) is 0 Å². The third-order valence-corrected chi connectivity index (χ3v) is 5.79. The van der Waals surface area contributed by atoms with E-state index in [4.69, 9.17) is 4.74 Å². The van der Waals surface area contributed by atoms with Crippen LogP contribution in [0, 0.1) is 0 Å². The van der Waals surface area contributed by atoms with Gasteiger partial charge in [0.1, 0.15) is 5.76 Å². The molecule has 0 atom stereocenters. The average molecular weight is 453 g/mol. The molecule has 34 heavy (non-hydrogen) atoms. The standard InChI is InChI=1S/C29H28N2O3/c1-4-30-28(32)24-14-15-27(34-25-11-7-8-19(2)20(3)16-25)26(18-24)31-29(33)23-13-12-21-9-5-6-10-22(21)17-23/h5-6,8-18H,4,7H2,1-3H3,(H,30,32)(H,31,33). The van der Waals surface area contributed by atoms with E-state index in [1.807, 2.05) is 62.4 Å². The van der Waals surface area contributed by atoms with E-state index < -0.39 is 0 Å². The van der Waals surface area contributed by atoms with Gasteiger partial charge < -0.3 is 15.4 Å². The maximum absolute atomic E-state index is 13.2. The number of anilines is 1. The Balaban J connectivity index is 1.66. The highest BCUT2D eigenvalue weighted by Gasteiger charge is 2.16. The van der Waals surface area contributed by atoms with Crippen LogP contribution >= 0.6 is 0 Å². The fourth-order valence-corrected chi connectivity index (χ4v) is 3.74. The lowest BCUT2D eigenvalue weighted by Gasteiger charge is -2.15. The Morgan fingerprint density at radius 1 is 0.853 bits per heavy atom. The van der Waals surface area contributed by atoms with Crippen molar-refractivity contribution < 1.29 is 14.3 Å². The zero-order valence-electron chi connectivity index (χ0n) is 19.6. The minimum atomic E-state index is -0.275. The van der Waals surface area contributed by atoms with Crippen LogP contribution in [0.2, 0.25) is 0 Å². The summed E-state index contributed by atoms with van der Waals surface area (Å²) >= 11 is 0. The minimum Gasteiger partial charge on any atom is -0.456 e. The number of benzene rings is 3. The number of hydrogen-bond acceptors (Lipinski definition) is 3. The summed E-state index contributed by atoms with van der Waals surface area (Å²) in [5.41, 5.74) is 3.72. The van der Waals surface area contributed by atoms with Crippen LogP contribution in [-0.4, -0.2) is 18.4 Å². The molecule has 172 valence electrons. The van der Waals surface area contributed by atoms with Gasteiger partial charge in [-0.25, -0.2) is 0 Å². The van der Waals surface area contributed by atoms with Gasteiger partial charge in [0.05, 0.1) is 5.69 Å². The molecule has 2 N–H and O–H groups in total. The SMILES string of the molecule is CCNC(=O)c1ccc(OC2=CCC=C(C)C(C)=C2)c(NC(=O)c2ccc3ccccc3c2)c1. The van der Waals surface area contributed by atoms with Crippen LogP contribution in [0.15, 0.2) is 95.8 Å². The molecule has 0 fully saturated rings. The molecule has 0 bridgehead atoms. The Hall–Kier alpha value is -4.12. The van der Waals surface area contributed by atoms with Gasteiger partial charge in [0, 0.05) is 17.7 Å². The first kappa shape index (κ1) is 23.1. The van der Waals surface area contributed by atoms with Gasteiger partial charge in [0.25, 0.3) is 11.8 Å². The largest absolute Gasteiger partial charge is 0.456 e. The topological polar surface area (TPSA) is 67.4 Å². The van der Waals surface area contributed by atoms with Gasteiger partial charge in [-0.1, -0.05) is 42.0 Å². The monoisotopic (exact) mass is 452 g/mol. The molecule has 0 saturated heterocycles. The molecule has 0 saturated carbocycles. The van der Waals surface area contributed by atoms with Crippen molar-refractivity contribution in [3.8, 4) is 5.75 Å². The van der Waals surface area contributed by atoms with Crippen molar-refractivity contribution in [3.63, 3.8) is 0 Å².